The zero-order chi connectivity index (χ0) is 19.0. The molecule has 3 atom stereocenters. The molecule has 1 heterocycles. The van der Waals surface area contributed by atoms with Gasteiger partial charge in [0, 0.05) is 24.2 Å². The van der Waals surface area contributed by atoms with Gasteiger partial charge in [0.2, 0.25) is 0 Å². The maximum absolute atomic E-state index is 12.9. The highest BCUT2D eigenvalue weighted by Crippen LogP contribution is 2.44. The van der Waals surface area contributed by atoms with Crippen LogP contribution in [0.4, 0.5) is 0 Å². The number of benzene rings is 1. The molecule has 1 aromatic carbocycles. The summed E-state index contributed by atoms with van der Waals surface area (Å²) in [5.74, 6) is 2.82. The molecule has 2 aromatic rings. The van der Waals surface area contributed by atoms with Crippen molar-refractivity contribution >= 4 is 5.91 Å². The number of nitrogens with one attached hydrogen (secondary N) is 1. The van der Waals surface area contributed by atoms with Gasteiger partial charge in [-0.3, -0.25) is 9.48 Å². The van der Waals surface area contributed by atoms with Crippen molar-refractivity contribution in [1.29, 1.82) is 0 Å². The van der Waals surface area contributed by atoms with Crippen molar-refractivity contribution in [2.45, 2.75) is 45.2 Å². The fourth-order valence-electron chi connectivity index (χ4n) is 4.65. The third-order valence-electron chi connectivity index (χ3n) is 6.05. The molecule has 1 aromatic heterocycles. The first-order chi connectivity index (χ1) is 13.1. The van der Waals surface area contributed by atoms with E-state index >= 15 is 0 Å². The number of carbonyl (C=O) groups excluding carboxylic acids is 1. The van der Waals surface area contributed by atoms with Crippen LogP contribution in [-0.4, -0.2) is 35.9 Å². The van der Waals surface area contributed by atoms with Crippen LogP contribution in [-0.2, 0) is 6.54 Å². The molecule has 1 amide bonds. The number of nitrogens with zero attached hydrogens (tertiary/aromatic N) is 2. The van der Waals surface area contributed by atoms with Gasteiger partial charge in [0.05, 0.1) is 19.9 Å². The van der Waals surface area contributed by atoms with Crippen LogP contribution in [0, 0.1) is 11.8 Å². The third kappa shape index (κ3) is 3.29. The number of fused-ring (bicyclic) bond motifs is 2. The van der Waals surface area contributed by atoms with Crippen molar-refractivity contribution in [3.63, 3.8) is 0 Å². The second-order valence-electron chi connectivity index (χ2n) is 7.55. The van der Waals surface area contributed by atoms with Gasteiger partial charge < -0.3 is 14.8 Å². The van der Waals surface area contributed by atoms with Crippen LogP contribution in [0.5, 0.6) is 11.5 Å². The van der Waals surface area contributed by atoms with E-state index in [4.69, 9.17) is 9.47 Å². The molecule has 1 N–H and O–H groups in total. The summed E-state index contributed by atoms with van der Waals surface area (Å²) < 4.78 is 12.5. The molecule has 2 aliphatic carbocycles. The lowest BCUT2D eigenvalue weighted by Crippen LogP contribution is -2.39. The van der Waals surface area contributed by atoms with Gasteiger partial charge in [-0.25, -0.2) is 0 Å². The molecule has 0 aliphatic heterocycles. The predicted molar refractivity (Wildman–Crippen MR) is 103 cm³/mol. The number of methoxy groups -OCH3 is 2. The summed E-state index contributed by atoms with van der Waals surface area (Å²) in [5.41, 5.74) is 2.18. The van der Waals surface area contributed by atoms with Gasteiger partial charge in [0.15, 0.2) is 0 Å². The Balaban J connectivity index is 1.60. The first-order valence-corrected chi connectivity index (χ1v) is 9.74. The molecule has 0 spiro atoms. The molecular formula is C21H27N3O3. The van der Waals surface area contributed by atoms with Crippen LogP contribution in [0.15, 0.2) is 24.3 Å². The van der Waals surface area contributed by atoms with Gasteiger partial charge in [0.25, 0.3) is 5.91 Å². The maximum atomic E-state index is 12.9. The first kappa shape index (κ1) is 17.9. The topological polar surface area (TPSA) is 65.4 Å². The number of aryl methyl sites for hydroxylation is 1. The van der Waals surface area contributed by atoms with E-state index in [0.29, 0.717) is 29.9 Å². The lowest BCUT2D eigenvalue weighted by atomic mass is 9.95. The number of carbonyl (C=O) groups is 1. The summed E-state index contributed by atoms with van der Waals surface area (Å²) in [6.07, 6.45) is 4.96. The van der Waals surface area contributed by atoms with E-state index in [1.807, 2.05) is 31.2 Å². The molecular weight excluding hydrogens is 342 g/mol. The Bertz CT molecular complexity index is 845. The maximum Gasteiger partial charge on any atom is 0.269 e. The molecule has 2 aliphatic rings. The summed E-state index contributed by atoms with van der Waals surface area (Å²) in [5, 5.41) is 7.90. The summed E-state index contributed by atoms with van der Waals surface area (Å²) in [6, 6.07) is 7.79. The van der Waals surface area contributed by atoms with E-state index in [9.17, 15) is 4.79 Å². The molecule has 6 heteroatoms. The van der Waals surface area contributed by atoms with Crippen LogP contribution in [0.1, 0.15) is 43.1 Å². The Hall–Kier alpha value is -2.50. The smallest absolute Gasteiger partial charge is 0.269 e. The largest absolute Gasteiger partial charge is 0.497 e. The quantitative estimate of drug-likeness (QED) is 0.846. The second kappa shape index (κ2) is 7.25. The summed E-state index contributed by atoms with van der Waals surface area (Å²) >= 11 is 0. The van der Waals surface area contributed by atoms with Crippen LogP contribution < -0.4 is 14.8 Å². The van der Waals surface area contributed by atoms with Crippen LogP contribution >= 0.6 is 0 Å². The van der Waals surface area contributed by atoms with Gasteiger partial charge >= 0.3 is 0 Å². The Morgan fingerprint density at radius 1 is 1.22 bits per heavy atom. The molecule has 2 bridgehead atoms. The van der Waals surface area contributed by atoms with Gasteiger partial charge in [-0.2, -0.15) is 5.10 Å². The fourth-order valence-corrected chi connectivity index (χ4v) is 4.65. The monoisotopic (exact) mass is 369 g/mol. The molecule has 27 heavy (non-hydrogen) atoms. The van der Waals surface area contributed by atoms with E-state index < -0.39 is 0 Å². The minimum atomic E-state index is -0.0272. The van der Waals surface area contributed by atoms with Crippen LogP contribution in [0.2, 0.25) is 0 Å². The number of hydrogen-bond acceptors (Lipinski definition) is 4. The number of amides is 1. The number of aromatic nitrogens is 2. The molecule has 2 fully saturated rings. The standard InChI is InChI=1S/C21H27N3O3/c1-4-24-19(21(25)22-17-10-13-5-6-14(17)9-13)12-18(23-24)16-8-7-15(26-2)11-20(16)27-3/h7-8,11-14,17H,4-6,9-10H2,1-3H3,(H,22,25)/t13-,14-,17-/m0/s1. The van der Waals surface area contributed by atoms with E-state index in [2.05, 4.69) is 10.4 Å². The number of ether oxygens (including phenoxy) is 2. The molecule has 6 nitrogen and oxygen atoms in total. The fraction of sp³-hybridized carbons (Fsp3) is 0.524. The average molecular weight is 369 g/mol. The minimum Gasteiger partial charge on any atom is -0.497 e. The van der Waals surface area contributed by atoms with Gasteiger partial charge in [-0.05, 0) is 56.2 Å². The molecule has 4 rings (SSSR count). The highest BCUT2D eigenvalue weighted by atomic mass is 16.5. The van der Waals surface area contributed by atoms with Gasteiger partial charge in [-0.15, -0.1) is 0 Å². The molecule has 0 radical (unpaired) electrons. The summed E-state index contributed by atoms with van der Waals surface area (Å²) in [6.45, 7) is 2.63. The Labute approximate surface area is 159 Å². The lowest BCUT2D eigenvalue weighted by Gasteiger charge is -2.22. The van der Waals surface area contributed by atoms with Crippen molar-refractivity contribution in [2.24, 2.45) is 11.8 Å². The lowest BCUT2D eigenvalue weighted by molar-refractivity contribution is 0.0912. The van der Waals surface area contributed by atoms with Crippen molar-refractivity contribution in [3.05, 3.63) is 30.0 Å². The third-order valence-corrected chi connectivity index (χ3v) is 6.05. The normalized spacial score (nSPS) is 23.4. The molecule has 2 saturated carbocycles. The Morgan fingerprint density at radius 3 is 2.70 bits per heavy atom. The van der Waals surface area contributed by atoms with E-state index in [1.165, 1.54) is 19.3 Å². The Kier molecular flexibility index (Phi) is 4.81. The summed E-state index contributed by atoms with van der Waals surface area (Å²) in [4.78, 5) is 12.9. The van der Waals surface area contributed by atoms with Crippen molar-refractivity contribution < 1.29 is 14.3 Å². The van der Waals surface area contributed by atoms with Crippen molar-refractivity contribution in [1.82, 2.24) is 15.1 Å². The van der Waals surface area contributed by atoms with Crippen molar-refractivity contribution in [3.8, 4) is 22.8 Å². The SMILES string of the molecule is CCn1nc(-c2ccc(OC)cc2OC)cc1C(=O)N[C@H]1C[C@H]2CC[C@H]1C2. The summed E-state index contributed by atoms with van der Waals surface area (Å²) in [7, 11) is 3.25. The molecule has 0 unspecified atom stereocenters. The van der Waals surface area contributed by atoms with E-state index in [-0.39, 0.29) is 5.91 Å². The molecule has 144 valence electrons. The van der Waals surface area contributed by atoms with Gasteiger partial charge in [-0.1, -0.05) is 6.42 Å². The zero-order valence-corrected chi connectivity index (χ0v) is 16.2. The van der Waals surface area contributed by atoms with E-state index in [1.54, 1.807) is 18.9 Å². The predicted octanol–water partition coefficient (Wildman–Crippen LogP) is 3.51. The first-order valence-electron chi connectivity index (χ1n) is 9.74. The number of hydrogen-bond donors (Lipinski definition) is 1. The van der Waals surface area contributed by atoms with E-state index in [0.717, 1.165) is 29.3 Å². The second-order valence-corrected chi connectivity index (χ2v) is 7.55. The molecule has 0 saturated heterocycles. The van der Waals surface area contributed by atoms with Gasteiger partial charge in [0.1, 0.15) is 17.2 Å². The van der Waals surface area contributed by atoms with Crippen LogP contribution in [0.25, 0.3) is 11.3 Å². The highest BCUT2D eigenvalue weighted by Gasteiger charge is 2.40. The Morgan fingerprint density at radius 2 is 2.07 bits per heavy atom. The van der Waals surface area contributed by atoms with Crippen molar-refractivity contribution in [2.75, 3.05) is 14.2 Å². The van der Waals surface area contributed by atoms with Crippen LogP contribution in [0.3, 0.4) is 0 Å². The average Bonchev–Trinajstić information content (AvgIpc) is 3.42. The zero-order valence-electron chi connectivity index (χ0n) is 16.2. The number of rotatable bonds is 6. The highest BCUT2D eigenvalue weighted by molar-refractivity contribution is 5.94. The minimum absolute atomic E-state index is 0.0272.